The van der Waals surface area contributed by atoms with E-state index in [-0.39, 0.29) is 16.4 Å². The van der Waals surface area contributed by atoms with Crippen molar-refractivity contribution in [3.05, 3.63) is 39.2 Å². The number of esters is 1. The topological polar surface area (TPSA) is 86.5 Å². The lowest BCUT2D eigenvalue weighted by Crippen LogP contribution is -2.08. The summed E-state index contributed by atoms with van der Waals surface area (Å²) in [7, 11) is 1.05. The third kappa shape index (κ3) is 3.75. The van der Waals surface area contributed by atoms with E-state index in [4.69, 9.17) is 0 Å². The number of ether oxygens (including phenoxy) is 1. The third-order valence-corrected chi connectivity index (χ3v) is 3.06. The first-order valence-corrected chi connectivity index (χ1v) is 6.04. The summed E-state index contributed by atoms with van der Waals surface area (Å²) in [4.78, 5) is 32.2. The van der Waals surface area contributed by atoms with E-state index in [2.05, 4.69) is 4.74 Å². The Kier molecular flexibility index (Phi) is 4.99. The molecule has 1 rings (SSSR count). The summed E-state index contributed by atoms with van der Waals surface area (Å²) in [5, 5.41) is 10.6. The normalized spacial score (nSPS) is 10.1. The van der Waals surface area contributed by atoms with Gasteiger partial charge in [0.2, 0.25) is 0 Å². The lowest BCUT2D eigenvalue weighted by atomic mass is 10.1. The molecule has 0 amide bonds. The summed E-state index contributed by atoms with van der Waals surface area (Å²) >= 11 is 0.821. The van der Waals surface area contributed by atoms with Gasteiger partial charge in [0.15, 0.2) is 5.12 Å². The number of nitro groups is 1. The number of nitro benzene ring substituents is 1. The van der Waals surface area contributed by atoms with Gasteiger partial charge in [-0.3, -0.25) is 14.9 Å². The predicted molar refractivity (Wildman–Crippen MR) is 66.4 cm³/mol. The van der Waals surface area contributed by atoms with Gasteiger partial charge < -0.3 is 4.74 Å². The SMILES string of the molecule is COC(=O)c1cc(F)c(CSC(C)=O)cc1[N+](=O)[O-]. The Labute approximate surface area is 112 Å². The van der Waals surface area contributed by atoms with E-state index in [0.29, 0.717) is 0 Å². The zero-order valence-electron chi connectivity index (χ0n) is 10.1. The van der Waals surface area contributed by atoms with Crippen molar-refractivity contribution in [3.8, 4) is 0 Å². The molecule has 0 radical (unpaired) electrons. The Hall–Kier alpha value is -1.96. The van der Waals surface area contributed by atoms with Crippen LogP contribution in [0.25, 0.3) is 0 Å². The van der Waals surface area contributed by atoms with Crippen LogP contribution >= 0.6 is 11.8 Å². The highest BCUT2D eigenvalue weighted by Crippen LogP contribution is 2.26. The molecular weight excluding hydrogens is 277 g/mol. The number of rotatable bonds is 4. The molecule has 0 fully saturated rings. The van der Waals surface area contributed by atoms with Crippen LogP contribution in [-0.4, -0.2) is 23.1 Å². The van der Waals surface area contributed by atoms with Crippen LogP contribution in [0.1, 0.15) is 22.8 Å². The first-order valence-electron chi connectivity index (χ1n) is 5.05. The summed E-state index contributed by atoms with van der Waals surface area (Å²) in [5.41, 5.74) is -1.02. The van der Waals surface area contributed by atoms with Crippen LogP contribution in [0.5, 0.6) is 0 Å². The van der Waals surface area contributed by atoms with Crippen molar-refractivity contribution >= 4 is 28.5 Å². The highest BCUT2D eigenvalue weighted by molar-refractivity contribution is 8.12. The molecule has 0 aliphatic carbocycles. The highest BCUT2D eigenvalue weighted by Gasteiger charge is 2.24. The zero-order chi connectivity index (χ0) is 14.6. The molecule has 6 nitrogen and oxygen atoms in total. The van der Waals surface area contributed by atoms with E-state index in [0.717, 1.165) is 31.0 Å². The fourth-order valence-corrected chi connectivity index (χ4v) is 1.90. The van der Waals surface area contributed by atoms with Crippen LogP contribution in [0.4, 0.5) is 10.1 Å². The first kappa shape index (κ1) is 15.1. The standard InChI is InChI=1S/C11H10FNO5S/c1-6(14)19-5-7-3-10(13(16)17)8(4-9(7)12)11(15)18-2/h3-4H,5H2,1-2H3. The van der Waals surface area contributed by atoms with Gasteiger partial charge in [0.25, 0.3) is 5.69 Å². The molecule has 0 spiro atoms. The van der Waals surface area contributed by atoms with Crippen molar-refractivity contribution in [1.29, 1.82) is 0 Å². The number of carbonyl (C=O) groups excluding carboxylic acids is 2. The summed E-state index contributed by atoms with van der Waals surface area (Å²) in [6, 6.07) is 1.69. The van der Waals surface area contributed by atoms with Gasteiger partial charge in [-0.2, -0.15) is 0 Å². The average molecular weight is 287 g/mol. The van der Waals surface area contributed by atoms with Crippen LogP contribution in [0.15, 0.2) is 12.1 Å². The molecule has 19 heavy (non-hydrogen) atoms. The predicted octanol–water partition coefficient (Wildman–Crippen LogP) is 2.30. The Bertz CT molecular complexity index is 546. The maximum Gasteiger partial charge on any atom is 0.344 e. The summed E-state index contributed by atoms with van der Waals surface area (Å²) in [5.74, 6) is -1.82. The molecule has 0 bridgehead atoms. The maximum absolute atomic E-state index is 13.7. The van der Waals surface area contributed by atoms with Crippen molar-refractivity contribution in [1.82, 2.24) is 0 Å². The molecule has 0 heterocycles. The number of carbonyl (C=O) groups is 2. The van der Waals surface area contributed by atoms with E-state index in [1.54, 1.807) is 0 Å². The number of thioether (sulfide) groups is 1. The molecule has 8 heteroatoms. The molecule has 0 aromatic heterocycles. The molecule has 0 atom stereocenters. The number of halogens is 1. The Morgan fingerprint density at radius 1 is 1.47 bits per heavy atom. The number of hydrogen-bond donors (Lipinski definition) is 0. The van der Waals surface area contributed by atoms with E-state index < -0.39 is 28.0 Å². The second kappa shape index (κ2) is 6.28. The highest BCUT2D eigenvalue weighted by atomic mass is 32.2. The van der Waals surface area contributed by atoms with Crippen LogP contribution in [0, 0.1) is 15.9 Å². The molecule has 0 saturated carbocycles. The largest absolute Gasteiger partial charge is 0.465 e. The molecule has 0 aliphatic heterocycles. The first-order chi connectivity index (χ1) is 8.86. The molecular formula is C11H10FNO5S. The van der Waals surface area contributed by atoms with Gasteiger partial charge in [0.05, 0.1) is 12.0 Å². The number of nitrogens with zero attached hydrogens (tertiary/aromatic N) is 1. The minimum atomic E-state index is -0.989. The van der Waals surface area contributed by atoms with E-state index in [1.807, 2.05) is 0 Å². The average Bonchev–Trinajstić information content (AvgIpc) is 2.35. The van der Waals surface area contributed by atoms with Crippen molar-refractivity contribution in [2.75, 3.05) is 7.11 Å². The number of hydrogen-bond acceptors (Lipinski definition) is 6. The lowest BCUT2D eigenvalue weighted by molar-refractivity contribution is -0.385. The molecule has 0 unspecified atom stereocenters. The van der Waals surface area contributed by atoms with Crippen molar-refractivity contribution in [3.63, 3.8) is 0 Å². The van der Waals surface area contributed by atoms with Crippen LogP contribution in [-0.2, 0) is 15.3 Å². The second-order valence-corrected chi connectivity index (χ2v) is 4.64. The van der Waals surface area contributed by atoms with Crippen LogP contribution in [0.2, 0.25) is 0 Å². The quantitative estimate of drug-likeness (QED) is 0.480. The molecule has 0 N–H and O–H groups in total. The van der Waals surface area contributed by atoms with Gasteiger partial charge in [-0.1, -0.05) is 11.8 Å². The molecule has 0 saturated heterocycles. The Balaban J connectivity index is 3.24. The lowest BCUT2D eigenvalue weighted by Gasteiger charge is -2.05. The van der Waals surface area contributed by atoms with Crippen LogP contribution in [0.3, 0.4) is 0 Å². The van der Waals surface area contributed by atoms with Gasteiger partial charge in [-0.25, -0.2) is 9.18 Å². The second-order valence-electron chi connectivity index (χ2n) is 3.49. The minimum absolute atomic E-state index is 0.0143. The summed E-state index contributed by atoms with van der Waals surface area (Å²) in [6.45, 7) is 1.31. The maximum atomic E-state index is 13.7. The van der Waals surface area contributed by atoms with Gasteiger partial charge in [-0.05, 0) is 6.07 Å². The van der Waals surface area contributed by atoms with Gasteiger partial charge in [-0.15, -0.1) is 0 Å². The van der Waals surface area contributed by atoms with Gasteiger partial charge in [0.1, 0.15) is 11.4 Å². The molecule has 102 valence electrons. The van der Waals surface area contributed by atoms with Crippen molar-refractivity contribution < 1.29 is 23.6 Å². The molecule has 1 aromatic rings. The number of benzene rings is 1. The monoisotopic (exact) mass is 287 g/mol. The fraction of sp³-hybridized carbons (Fsp3) is 0.273. The number of methoxy groups -OCH3 is 1. The van der Waals surface area contributed by atoms with Gasteiger partial charge in [0, 0.05) is 24.3 Å². The fourth-order valence-electron chi connectivity index (χ4n) is 1.32. The van der Waals surface area contributed by atoms with E-state index in [9.17, 15) is 24.1 Å². The zero-order valence-corrected chi connectivity index (χ0v) is 11.0. The van der Waals surface area contributed by atoms with E-state index in [1.165, 1.54) is 6.92 Å². The Morgan fingerprint density at radius 3 is 2.58 bits per heavy atom. The van der Waals surface area contributed by atoms with Crippen LogP contribution < -0.4 is 0 Å². The Morgan fingerprint density at radius 2 is 2.11 bits per heavy atom. The van der Waals surface area contributed by atoms with Crippen molar-refractivity contribution in [2.24, 2.45) is 0 Å². The molecule has 1 aromatic carbocycles. The third-order valence-electron chi connectivity index (χ3n) is 2.20. The molecule has 0 aliphatic rings. The van der Waals surface area contributed by atoms with Gasteiger partial charge >= 0.3 is 5.97 Å². The smallest absolute Gasteiger partial charge is 0.344 e. The summed E-state index contributed by atoms with van der Waals surface area (Å²) < 4.78 is 18.0. The van der Waals surface area contributed by atoms with E-state index >= 15 is 0 Å². The summed E-state index contributed by atoms with van der Waals surface area (Å²) in [6.07, 6.45) is 0. The van der Waals surface area contributed by atoms with Crippen molar-refractivity contribution in [2.45, 2.75) is 12.7 Å². The minimum Gasteiger partial charge on any atom is -0.465 e.